The number of hydrogen-bond donors (Lipinski definition) is 0. The highest BCUT2D eigenvalue weighted by molar-refractivity contribution is 5.78. The second kappa shape index (κ2) is 7.24. The number of carbonyl (C=O) groups is 2. The second-order valence-corrected chi connectivity index (χ2v) is 6.80. The van der Waals surface area contributed by atoms with Crippen LogP contribution in [-0.4, -0.2) is 43.0 Å². The molecule has 2 fully saturated rings. The van der Waals surface area contributed by atoms with Crippen LogP contribution in [0.1, 0.15) is 33.1 Å². The Morgan fingerprint density at radius 1 is 1.12 bits per heavy atom. The molecule has 0 aromatic heterocycles. The van der Waals surface area contributed by atoms with Crippen molar-refractivity contribution < 1.29 is 14.3 Å². The smallest absolute Gasteiger partial charge is 0.314 e. The van der Waals surface area contributed by atoms with Gasteiger partial charge in [-0.15, -0.1) is 0 Å². The van der Waals surface area contributed by atoms with E-state index in [4.69, 9.17) is 4.74 Å². The first-order valence-electron chi connectivity index (χ1n) is 8.90. The summed E-state index contributed by atoms with van der Waals surface area (Å²) in [6.07, 6.45) is 3.22. The Morgan fingerprint density at radius 3 is 2.38 bits per heavy atom. The van der Waals surface area contributed by atoms with E-state index in [-0.39, 0.29) is 17.8 Å². The van der Waals surface area contributed by atoms with E-state index >= 15 is 0 Å². The van der Waals surface area contributed by atoms with Gasteiger partial charge in [0.05, 0.1) is 5.92 Å². The average Bonchev–Trinajstić information content (AvgIpc) is 3.35. The summed E-state index contributed by atoms with van der Waals surface area (Å²) in [5.74, 6) is 1.30. The van der Waals surface area contributed by atoms with E-state index < -0.39 is 0 Å². The van der Waals surface area contributed by atoms with Gasteiger partial charge in [0.25, 0.3) is 0 Å². The summed E-state index contributed by atoms with van der Waals surface area (Å²) >= 11 is 0. The SMILES string of the molecule is CCC[C@H]1C[C@@H]1C(=O)Oc1ccc(N2CCN(C(C)=O)CC2)cc1. The van der Waals surface area contributed by atoms with Crippen molar-refractivity contribution in [1.29, 1.82) is 0 Å². The van der Waals surface area contributed by atoms with Gasteiger partial charge in [0.2, 0.25) is 5.91 Å². The molecule has 1 heterocycles. The lowest BCUT2D eigenvalue weighted by molar-refractivity contribution is -0.136. The Kier molecular flexibility index (Phi) is 5.07. The Labute approximate surface area is 143 Å². The molecule has 1 amide bonds. The topological polar surface area (TPSA) is 49.9 Å². The van der Waals surface area contributed by atoms with E-state index in [0.29, 0.717) is 11.7 Å². The van der Waals surface area contributed by atoms with Crippen LogP contribution in [0.5, 0.6) is 5.75 Å². The largest absolute Gasteiger partial charge is 0.426 e. The van der Waals surface area contributed by atoms with Crippen molar-refractivity contribution in [2.45, 2.75) is 33.1 Å². The van der Waals surface area contributed by atoms with Gasteiger partial charge in [-0.2, -0.15) is 0 Å². The van der Waals surface area contributed by atoms with E-state index in [0.717, 1.165) is 51.1 Å². The molecule has 130 valence electrons. The minimum atomic E-state index is -0.0868. The summed E-state index contributed by atoms with van der Waals surface area (Å²) < 4.78 is 5.50. The Bertz CT molecular complexity index is 591. The normalized spacial score (nSPS) is 23.1. The van der Waals surface area contributed by atoms with E-state index in [2.05, 4.69) is 11.8 Å². The van der Waals surface area contributed by atoms with Crippen molar-refractivity contribution in [3.63, 3.8) is 0 Å². The molecular weight excluding hydrogens is 304 g/mol. The molecule has 0 N–H and O–H groups in total. The zero-order valence-corrected chi connectivity index (χ0v) is 14.5. The van der Waals surface area contributed by atoms with Gasteiger partial charge in [-0.25, -0.2) is 0 Å². The van der Waals surface area contributed by atoms with Gasteiger partial charge in [-0.3, -0.25) is 9.59 Å². The maximum absolute atomic E-state index is 12.1. The molecule has 1 saturated heterocycles. The van der Waals surface area contributed by atoms with Crippen molar-refractivity contribution in [1.82, 2.24) is 4.90 Å². The first-order valence-corrected chi connectivity index (χ1v) is 8.90. The number of carbonyl (C=O) groups excluding carboxylic acids is 2. The predicted octanol–water partition coefficient (Wildman–Crippen LogP) is 2.70. The van der Waals surface area contributed by atoms with Crippen molar-refractivity contribution >= 4 is 17.6 Å². The molecule has 1 aliphatic carbocycles. The van der Waals surface area contributed by atoms with Crippen LogP contribution in [0.25, 0.3) is 0 Å². The standard InChI is InChI=1S/C19H26N2O3/c1-3-4-15-13-18(15)19(23)24-17-7-5-16(6-8-17)21-11-9-20(10-12-21)14(2)22/h5-8,15,18H,3-4,9-13H2,1-2H3/t15-,18-/m0/s1. The first-order chi connectivity index (χ1) is 11.6. The molecule has 24 heavy (non-hydrogen) atoms. The lowest BCUT2D eigenvalue weighted by Gasteiger charge is -2.35. The molecule has 2 atom stereocenters. The van der Waals surface area contributed by atoms with Crippen LogP contribution in [0.3, 0.4) is 0 Å². The number of rotatable bonds is 5. The molecule has 1 aromatic rings. The van der Waals surface area contributed by atoms with Crippen molar-refractivity contribution in [2.75, 3.05) is 31.1 Å². The van der Waals surface area contributed by atoms with Gasteiger partial charge in [0.15, 0.2) is 0 Å². The summed E-state index contributed by atoms with van der Waals surface area (Å²) in [7, 11) is 0. The quantitative estimate of drug-likeness (QED) is 0.615. The van der Waals surface area contributed by atoms with Crippen molar-refractivity contribution in [2.24, 2.45) is 11.8 Å². The number of esters is 1. The number of piperazine rings is 1. The van der Waals surface area contributed by atoms with Gasteiger partial charge in [0.1, 0.15) is 5.75 Å². The van der Waals surface area contributed by atoms with Gasteiger partial charge in [-0.05, 0) is 43.0 Å². The van der Waals surface area contributed by atoms with Crippen LogP contribution in [0, 0.1) is 11.8 Å². The fraction of sp³-hybridized carbons (Fsp3) is 0.579. The summed E-state index contributed by atoms with van der Waals surface area (Å²) in [6.45, 7) is 6.94. The van der Waals surface area contributed by atoms with E-state index in [9.17, 15) is 9.59 Å². The molecule has 1 saturated carbocycles. The van der Waals surface area contributed by atoms with Crippen LogP contribution in [0.2, 0.25) is 0 Å². The van der Waals surface area contributed by atoms with Crippen LogP contribution < -0.4 is 9.64 Å². The van der Waals surface area contributed by atoms with Gasteiger partial charge in [0, 0.05) is 38.8 Å². The molecule has 1 aliphatic heterocycles. The molecule has 0 radical (unpaired) electrons. The zero-order chi connectivity index (χ0) is 17.1. The molecule has 0 spiro atoms. The highest BCUT2D eigenvalue weighted by atomic mass is 16.5. The van der Waals surface area contributed by atoms with Crippen LogP contribution >= 0.6 is 0 Å². The molecule has 5 heteroatoms. The summed E-state index contributed by atoms with van der Waals surface area (Å²) in [5, 5.41) is 0. The van der Waals surface area contributed by atoms with E-state index in [1.165, 1.54) is 0 Å². The average molecular weight is 330 g/mol. The molecule has 1 aromatic carbocycles. The lowest BCUT2D eigenvalue weighted by atomic mass is 10.2. The van der Waals surface area contributed by atoms with E-state index in [1.807, 2.05) is 29.2 Å². The third-order valence-electron chi connectivity index (χ3n) is 5.03. The Balaban J connectivity index is 1.51. The maximum atomic E-state index is 12.1. The number of benzene rings is 1. The van der Waals surface area contributed by atoms with Crippen molar-refractivity contribution in [3.05, 3.63) is 24.3 Å². The molecular formula is C19H26N2O3. The highest BCUT2D eigenvalue weighted by Gasteiger charge is 2.43. The Hall–Kier alpha value is -2.04. The monoisotopic (exact) mass is 330 g/mol. The summed E-state index contributed by atoms with van der Waals surface area (Å²) in [4.78, 5) is 27.6. The third kappa shape index (κ3) is 3.89. The maximum Gasteiger partial charge on any atom is 0.314 e. The number of ether oxygens (including phenoxy) is 1. The second-order valence-electron chi connectivity index (χ2n) is 6.80. The van der Waals surface area contributed by atoms with Crippen LogP contribution in [-0.2, 0) is 9.59 Å². The highest BCUT2D eigenvalue weighted by Crippen LogP contribution is 2.43. The zero-order valence-electron chi connectivity index (χ0n) is 14.5. The molecule has 2 aliphatic rings. The predicted molar refractivity (Wildman–Crippen MR) is 93.0 cm³/mol. The van der Waals surface area contributed by atoms with Crippen LogP contribution in [0.15, 0.2) is 24.3 Å². The fourth-order valence-electron chi connectivity index (χ4n) is 3.42. The van der Waals surface area contributed by atoms with Crippen molar-refractivity contribution in [3.8, 4) is 5.75 Å². The van der Waals surface area contributed by atoms with Gasteiger partial charge in [-0.1, -0.05) is 13.3 Å². The minimum Gasteiger partial charge on any atom is -0.426 e. The molecule has 5 nitrogen and oxygen atoms in total. The Morgan fingerprint density at radius 2 is 1.79 bits per heavy atom. The number of hydrogen-bond acceptors (Lipinski definition) is 4. The summed E-state index contributed by atoms with van der Waals surface area (Å²) in [6, 6.07) is 7.70. The lowest BCUT2D eigenvalue weighted by Crippen LogP contribution is -2.48. The fourth-order valence-corrected chi connectivity index (χ4v) is 3.42. The van der Waals surface area contributed by atoms with E-state index in [1.54, 1.807) is 6.92 Å². The van der Waals surface area contributed by atoms with Gasteiger partial charge < -0.3 is 14.5 Å². The molecule has 3 rings (SSSR count). The van der Waals surface area contributed by atoms with Gasteiger partial charge >= 0.3 is 5.97 Å². The molecule has 0 bridgehead atoms. The minimum absolute atomic E-state index is 0.0868. The number of nitrogens with zero attached hydrogens (tertiary/aromatic N) is 2. The molecule has 0 unspecified atom stereocenters. The number of anilines is 1. The summed E-state index contributed by atoms with van der Waals surface area (Å²) in [5.41, 5.74) is 1.10. The third-order valence-corrected chi connectivity index (χ3v) is 5.03. The first kappa shape index (κ1) is 16.8. The number of amides is 1. The van der Waals surface area contributed by atoms with Crippen LogP contribution in [0.4, 0.5) is 5.69 Å².